The fraction of sp³-hybridized carbons (Fsp3) is 0.579. The number of rotatable bonds is 6. The Hall–Kier alpha value is -2.64. The van der Waals surface area contributed by atoms with Crippen molar-refractivity contribution < 1.29 is 19.1 Å². The summed E-state index contributed by atoms with van der Waals surface area (Å²) in [6.07, 6.45) is 3.81. The third-order valence-electron chi connectivity index (χ3n) is 5.13. The van der Waals surface area contributed by atoms with Gasteiger partial charge in [0, 0.05) is 25.3 Å². The van der Waals surface area contributed by atoms with Crippen molar-refractivity contribution in [2.24, 2.45) is 5.41 Å². The van der Waals surface area contributed by atoms with Gasteiger partial charge in [0.2, 0.25) is 11.8 Å². The summed E-state index contributed by atoms with van der Waals surface area (Å²) in [5.74, 6) is -0.454. The first-order valence-corrected chi connectivity index (χ1v) is 9.46. The van der Waals surface area contributed by atoms with Gasteiger partial charge >= 0.3 is 6.09 Å². The summed E-state index contributed by atoms with van der Waals surface area (Å²) < 4.78 is 5.00. The van der Waals surface area contributed by atoms with E-state index >= 15 is 0 Å². The first kappa shape index (κ1) is 19.1. The zero-order valence-electron chi connectivity index (χ0n) is 15.6. The molecule has 2 fully saturated rings. The van der Waals surface area contributed by atoms with Crippen molar-refractivity contribution in [3.05, 3.63) is 30.1 Å². The van der Waals surface area contributed by atoms with E-state index in [9.17, 15) is 14.4 Å². The molecule has 0 atom stereocenters. The van der Waals surface area contributed by atoms with Crippen LogP contribution in [0, 0.1) is 5.41 Å². The van der Waals surface area contributed by atoms with Crippen LogP contribution in [-0.2, 0) is 20.9 Å². The van der Waals surface area contributed by atoms with Gasteiger partial charge < -0.3 is 20.3 Å². The molecule has 1 aromatic rings. The number of aromatic nitrogens is 1. The summed E-state index contributed by atoms with van der Waals surface area (Å²) in [7, 11) is 0. The first-order valence-electron chi connectivity index (χ1n) is 9.46. The largest absolute Gasteiger partial charge is 0.450 e. The standard InChI is InChI=1S/C19H26N4O4/c1-2-27-18(26)23-11-6-14(7-12-23)22-17(25)19(8-9-19)16(24)21-13-15-5-3-4-10-20-15/h3-5,10,14H,2,6-9,11-13H2,1H3,(H,21,24)(H,22,25). The Morgan fingerprint density at radius 1 is 1.22 bits per heavy atom. The SMILES string of the molecule is CCOC(=O)N1CCC(NC(=O)C2(C(=O)NCc3ccccn3)CC2)CC1. The van der Waals surface area contributed by atoms with E-state index in [0.717, 1.165) is 5.69 Å². The summed E-state index contributed by atoms with van der Waals surface area (Å²) in [5, 5.41) is 5.82. The Bertz CT molecular complexity index is 682. The summed E-state index contributed by atoms with van der Waals surface area (Å²) >= 11 is 0. The molecule has 3 rings (SSSR count). The number of amides is 3. The molecule has 2 aliphatic rings. The van der Waals surface area contributed by atoms with Crippen molar-refractivity contribution >= 4 is 17.9 Å². The molecule has 0 spiro atoms. The van der Waals surface area contributed by atoms with E-state index in [1.54, 1.807) is 18.0 Å². The fourth-order valence-corrected chi connectivity index (χ4v) is 3.27. The highest BCUT2D eigenvalue weighted by Gasteiger charge is 2.56. The number of carbonyl (C=O) groups excluding carboxylic acids is 3. The third kappa shape index (κ3) is 4.56. The number of nitrogens with zero attached hydrogens (tertiary/aromatic N) is 2. The Morgan fingerprint density at radius 2 is 1.96 bits per heavy atom. The average Bonchev–Trinajstić information content (AvgIpc) is 3.50. The normalized spacial score (nSPS) is 18.5. The van der Waals surface area contributed by atoms with E-state index in [1.807, 2.05) is 18.2 Å². The van der Waals surface area contributed by atoms with Gasteiger partial charge in [-0.05, 0) is 44.7 Å². The van der Waals surface area contributed by atoms with Crippen molar-refractivity contribution in [1.29, 1.82) is 0 Å². The van der Waals surface area contributed by atoms with E-state index in [0.29, 0.717) is 51.9 Å². The highest BCUT2D eigenvalue weighted by Crippen LogP contribution is 2.46. The summed E-state index contributed by atoms with van der Waals surface area (Å²) in [4.78, 5) is 42.8. The van der Waals surface area contributed by atoms with E-state index in [1.165, 1.54) is 0 Å². The molecular weight excluding hydrogens is 348 g/mol. The Kier molecular flexibility index (Phi) is 5.93. The molecule has 0 bridgehead atoms. The minimum absolute atomic E-state index is 0.0239. The second kappa shape index (κ2) is 8.37. The Labute approximate surface area is 158 Å². The lowest BCUT2D eigenvalue weighted by atomic mass is 10.0. The molecule has 0 radical (unpaired) electrons. The van der Waals surface area contributed by atoms with Crippen LogP contribution in [0.3, 0.4) is 0 Å². The lowest BCUT2D eigenvalue weighted by molar-refractivity contribution is -0.137. The zero-order valence-corrected chi connectivity index (χ0v) is 15.6. The van der Waals surface area contributed by atoms with Crippen LogP contribution in [-0.4, -0.2) is 53.5 Å². The second-order valence-electron chi connectivity index (χ2n) is 7.02. The number of carbonyl (C=O) groups is 3. The number of pyridine rings is 1. The van der Waals surface area contributed by atoms with E-state index < -0.39 is 5.41 Å². The monoisotopic (exact) mass is 374 g/mol. The predicted molar refractivity (Wildman–Crippen MR) is 97.5 cm³/mol. The maximum Gasteiger partial charge on any atom is 0.409 e. The number of nitrogens with one attached hydrogen (secondary N) is 2. The van der Waals surface area contributed by atoms with Gasteiger partial charge in [0.15, 0.2) is 0 Å². The summed E-state index contributed by atoms with van der Waals surface area (Å²) in [6, 6.07) is 5.48. The molecule has 3 amide bonds. The molecule has 146 valence electrons. The maximum absolute atomic E-state index is 12.7. The lowest BCUT2D eigenvalue weighted by Gasteiger charge is -2.32. The van der Waals surface area contributed by atoms with Gasteiger partial charge in [0.25, 0.3) is 0 Å². The molecule has 0 unspecified atom stereocenters. The van der Waals surface area contributed by atoms with Crippen LogP contribution >= 0.6 is 0 Å². The highest BCUT2D eigenvalue weighted by molar-refractivity contribution is 6.07. The molecule has 0 aromatic carbocycles. The average molecular weight is 374 g/mol. The minimum Gasteiger partial charge on any atom is -0.450 e. The van der Waals surface area contributed by atoms with Crippen LogP contribution in [0.2, 0.25) is 0 Å². The molecular formula is C19H26N4O4. The van der Waals surface area contributed by atoms with Gasteiger partial charge in [0.1, 0.15) is 5.41 Å². The second-order valence-corrected chi connectivity index (χ2v) is 7.02. The number of likely N-dealkylation sites (tertiary alicyclic amines) is 1. The number of piperidine rings is 1. The van der Waals surface area contributed by atoms with E-state index in [2.05, 4.69) is 15.6 Å². The van der Waals surface area contributed by atoms with Crippen molar-refractivity contribution in [3.63, 3.8) is 0 Å². The molecule has 1 saturated heterocycles. The van der Waals surface area contributed by atoms with Gasteiger partial charge in [-0.3, -0.25) is 14.6 Å². The van der Waals surface area contributed by atoms with E-state index in [4.69, 9.17) is 4.74 Å². The van der Waals surface area contributed by atoms with Gasteiger partial charge in [-0.25, -0.2) is 4.79 Å². The number of hydrogen-bond acceptors (Lipinski definition) is 5. The summed E-state index contributed by atoms with van der Waals surface area (Å²) in [5.41, 5.74) is -0.194. The molecule has 2 heterocycles. The Balaban J connectivity index is 1.46. The summed E-state index contributed by atoms with van der Waals surface area (Å²) in [6.45, 7) is 3.53. The zero-order chi connectivity index (χ0) is 19.3. The molecule has 1 aliphatic heterocycles. The van der Waals surface area contributed by atoms with Gasteiger partial charge in [-0.15, -0.1) is 0 Å². The van der Waals surface area contributed by atoms with Crippen molar-refractivity contribution in [2.75, 3.05) is 19.7 Å². The first-order chi connectivity index (χ1) is 13.0. The molecule has 1 aromatic heterocycles. The van der Waals surface area contributed by atoms with Crippen LogP contribution in [0.25, 0.3) is 0 Å². The predicted octanol–water partition coefficient (Wildman–Crippen LogP) is 1.22. The topological polar surface area (TPSA) is 101 Å². The molecule has 27 heavy (non-hydrogen) atoms. The lowest BCUT2D eigenvalue weighted by Crippen LogP contribution is -2.50. The van der Waals surface area contributed by atoms with Crippen molar-refractivity contribution in [2.45, 2.75) is 45.2 Å². The van der Waals surface area contributed by atoms with Gasteiger partial charge in [-0.1, -0.05) is 6.07 Å². The quantitative estimate of drug-likeness (QED) is 0.729. The van der Waals surface area contributed by atoms with E-state index in [-0.39, 0.29) is 23.9 Å². The number of ether oxygens (including phenoxy) is 1. The van der Waals surface area contributed by atoms with Crippen molar-refractivity contribution in [1.82, 2.24) is 20.5 Å². The van der Waals surface area contributed by atoms with Crippen LogP contribution in [0.15, 0.2) is 24.4 Å². The van der Waals surface area contributed by atoms with Crippen LogP contribution in [0.1, 0.15) is 38.3 Å². The van der Waals surface area contributed by atoms with Crippen LogP contribution in [0.5, 0.6) is 0 Å². The molecule has 8 heteroatoms. The maximum atomic E-state index is 12.7. The molecule has 2 N–H and O–H groups in total. The minimum atomic E-state index is -0.951. The molecule has 1 aliphatic carbocycles. The fourth-order valence-electron chi connectivity index (χ4n) is 3.27. The number of hydrogen-bond donors (Lipinski definition) is 2. The molecule has 1 saturated carbocycles. The van der Waals surface area contributed by atoms with Gasteiger partial charge in [0.05, 0.1) is 18.8 Å². The van der Waals surface area contributed by atoms with Gasteiger partial charge in [-0.2, -0.15) is 0 Å². The van der Waals surface area contributed by atoms with Crippen molar-refractivity contribution in [3.8, 4) is 0 Å². The molecule has 8 nitrogen and oxygen atoms in total. The highest BCUT2D eigenvalue weighted by atomic mass is 16.6. The van der Waals surface area contributed by atoms with Crippen LogP contribution in [0.4, 0.5) is 4.79 Å². The van der Waals surface area contributed by atoms with Crippen LogP contribution < -0.4 is 10.6 Å². The third-order valence-corrected chi connectivity index (χ3v) is 5.13. The Morgan fingerprint density at radius 3 is 2.56 bits per heavy atom. The smallest absolute Gasteiger partial charge is 0.409 e.